The summed E-state index contributed by atoms with van der Waals surface area (Å²) in [6, 6.07) is 8.26. The summed E-state index contributed by atoms with van der Waals surface area (Å²) in [5, 5.41) is 15.9. The molecule has 0 bridgehead atoms. The van der Waals surface area contributed by atoms with E-state index in [2.05, 4.69) is 34.4 Å². The molecule has 27 heavy (non-hydrogen) atoms. The maximum atomic E-state index is 8.81. The number of aromatic nitrogens is 2. The molecule has 1 aromatic carbocycles. The van der Waals surface area contributed by atoms with Crippen molar-refractivity contribution in [2.75, 3.05) is 6.54 Å². The van der Waals surface area contributed by atoms with E-state index in [1.807, 2.05) is 12.1 Å². The number of hydrogen-bond acceptors (Lipinski definition) is 5. The number of guanidine groups is 1. The van der Waals surface area contributed by atoms with Gasteiger partial charge in [-0.15, -0.1) is 0 Å². The minimum atomic E-state index is -0.117. The van der Waals surface area contributed by atoms with Gasteiger partial charge in [-0.3, -0.25) is 0 Å². The van der Waals surface area contributed by atoms with Gasteiger partial charge in [0.1, 0.15) is 6.04 Å². The van der Waals surface area contributed by atoms with Gasteiger partial charge in [0.25, 0.3) is 0 Å². The molecule has 0 spiro atoms. The molecule has 0 unspecified atom stereocenters. The van der Waals surface area contributed by atoms with Crippen molar-refractivity contribution in [1.82, 2.24) is 15.0 Å². The second kappa shape index (κ2) is 9.39. The van der Waals surface area contributed by atoms with E-state index in [0.717, 1.165) is 18.4 Å². The van der Waals surface area contributed by atoms with E-state index in [9.17, 15) is 0 Å². The van der Waals surface area contributed by atoms with Gasteiger partial charge in [0.2, 0.25) is 17.7 Å². The SMILES string of the molecule is CCCCCCCCc1ccc(-c2noc([C@@H]3CCN3/C(N)=N/O)n2)cc1. The summed E-state index contributed by atoms with van der Waals surface area (Å²) in [6.45, 7) is 2.96. The molecule has 1 saturated heterocycles. The molecule has 2 aromatic rings. The Balaban J connectivity index is 1.53. The van der Waals surface area contributed by atoms with Gasteiger partial charge in [0.05, 0.1) is 0 Å². The second-order valence-corrected chi connectivity index (χ2v) is 7.13. The number of hydrogen-bond donors (Lipinski definition) is 2. The molecule has 1 atom stereocenters. The first-order chi connectivity index (χ1) is 13.2. The lowest BCUT2D eigenvalue weighted by Crippen LogP contribution is -2.48. The van der Waals surface area contributed by atoms with Crippen LogP contribution < -0.4 is 5.73 Å². The minimum absolute atomic E-state index is 0.0741. The monoisotopic (exact) mass is 371 g/mol. The molecule has 3 N–H and O–H groups in total. The largest absolute Gasteiger partial charge is 0.408 e. The Morgan fingerprint density at radius 3 is 2.63 bits per heavy atom. The Hall–Kier alpha value is -2.57. The van der Waals surface area contributed by atoms with Crippen molar-refractivity contribution in [3.8, 4) is 11.4 Å². The van der Waals surface area contributed by atoms with Crippen molar-refractivity contribution in [1.29, 1.82) is 0 Å². The topological polar surface area (TPSA) is 101 Å². The summed E-state index contributed by atoms with van der Waals surface area (Å²) in [7, 11) is 0. The lowest BCUT2D eigenvalue weighted by atomic mass is 10.0. The lowest BCUT2D eigenvalue weighted by Gasteiger charge is -2.38. The predicted molar refractivity (Wildman–Crippen MR) is 104 cm³/mol. The summed E-state index contributed by atoms with van der Waals surface area (Å²) in [5.74, 6) is 1.14. The van der Waals surface area contributed by atoms with Crippen LogP contribution in [0.15, 0.2) is 33.9 Å². The maximum absolute atomic E-state index is 8.81. The van der Waals surface area contributed by atoms with E-state index in [4.69, 9.17) is 15.5 Å². The summed E-state index contributed by atoms with van der Waals surface area (Å²) in [5.41, 5.74) is 7.93. The normalized spacial score (nSPS) is 17.1. The first kappa shape index (κ1) is 19.2. The van der Waals surface area contributed by atoms with Crippen molar-refractivity contribution in [2.24, 2.45) is 10.9 Å². The summed E-state index contributed by atoms with van der Waals surface area (Å²) in [4.78, 5) is 6.23. The van der Waals surface area contributed by atoms with Crippen molar-refractivity contribution < 1.29 is 9.73 Å². The summed E-state index contributed by atoms with van der Waals surface area (Å²) in [6.07, 6.45) is 9.82. The average molecular weight is 371 g/mol. The molecule has 0 radical (unpaired) electrons. The molecule has 7 heteroatoms. The molecule has 1 fully saturated rings. The molecule has 0 saturated carbocycles. The summed E-state index contributed by atoms with van der Waals surface area (Å²) >= 11 is 0. The molecule has 2 heterocycles. The Bertz CT molecular complexity index is 741. The molecule has 3 rings (SSSR count). The first-order valence-corrected chi connectivity index (χ1v) is 9.90. The minimum Gasteiger partial charge on any atom is -0.408 e. The van der Waals surface area contributed by atoms with Crippen LogP contribution in [0.5, 0.6) is 0 Å². The van der Waals surface area contributed by atoms with Gasteiger partial charge in [-0.05, 0) is 24.8 Å². The number of likely N-dealkylation sites (tertiary alicyclic amines) is 1. The van der Waals surface area contributed by atoms with Gasteiger partial charge in [0.15, 0.2) is 0 Å². The van der Waals surface area contributed by atoms with Gasteiger partial charge in [0, 0.05) is 12.1 Å². The number of unbranched alkanes of at least 4 members (excludes halogenated alkanes) is 5. The van der Waals surface area contributed by atoms with Crippen LogP contribution in [0.2, 0.25) is 0 Å². The van der Waals surface area contributed by atoms with Crippen LogP contribution in [0.25, 0.3) is 11.4 Å². The molecule has 146 valence electrons. The fourth-order valence-electron chi connectivity index (χ4n) is 3.39. The number of oxime groups is 1. The zero-order valence-electron chi connectivity index (χ0n) is 16.0. The van der Waals surface area contributed by atoms with Gasteiger partial charge < -0.3 is 20.4 Å². The Morgan fingerprint density at radius 2 is 1.96 bits per heavy atom. The van der Waals surface area contributed by atoms with Crippen LogP contribution in [0.1, 0.15) is 69.4 Å². The van der Waals surface area contributed by atoms with Crippen molar-refractivity contribution >= 4 is 5.96 Å². The summed E-state index contributed by atoms with van der Waals surface area (Å²) < 4.78 is 5.39. The number of benzene rings is 1. The predicted octanol–water partition coefficient (Wildman–Crippen LogP) is 4.09. The second-order valence-electron chi connectivity index (χ2n) is 7.13. The number of nitrogens with zero attached hydrogens (tertiary/aromatic N) is 4. The fraction of sp³-hybridized carbons (Fsp3) is 0.550. The third kappa shape index (κ3) is 4.78. The molecule has 1 aromatic heterocycles. The van der Waals surface area contributed by atoms with Crippen LogP contribution in [0.4, 0.5) is 0 Å². The molecule has 0 aliphatic carbocycles. The van der Waals surface area contributed by atoms with Crippen LogP contribution in [-0.4, -0.2) is 32.8 Å². The Morgan fingerprint density at radius 1 is 1.22 bits per heavy atom. The fourth-order valence-corrected chi connectivity index (χ4v) is 3.39. The van der Waals surface area contributed by atoms with Crippen LogP contribution in [-0.2, 0) is 6.42 Å². The highest BCUT2D eigenvalue weighted by Crippen LogP contribution is 2.32. The van der Waals surface area contributed by atoms with E-state index in [0.29, 0.717) is 18.3 Å². The van der Waals surface area contributed by atoms with Crippen molar-refractivity contribution in [2.45, 2.75) is 64.3 Å². The Kier molecular flexibility index (Phi) is 6.68. The molecular formula is C20H29N5O2. The highest BCUT2D eigenvalue weighted by molar-refractivity contribution is 5.78. The number of aryl methyl sites for hydroxylation is 1. The molecule has 0 amide bonds. The van der Waals surface area contributed by atoms with E-state index in [-0.39, 0.29) is 12.0 Å². The highest BCUT2D eigenvalue weighted by Gasteiger charge is 2.35. The highest BCUT2D eigenvalue weighted by atomic mass is 16.5. The first-order valence-electron chi connectivity index (χ1n) is 9.90. The lowest BCUT2D eigenvalue weighted by molar-refractivity contribution is 0.135. The number of nitrogens with two attached hydrogens (primary N) is 1. The standard InChI is InChI=1S/C20H29N5O2/c1-2-3-4-5-6-7-8-15-9-11-16(12-10-15)18-22-19(27-24-18)17-13-14-25(17)20(21)23-26/h9-12,17,26H,2-8,13-14H2,1H3,(H2,21,23)/t17-/m0/s1. The van der Waals surface area contributed by atoms with Gasteiger partial charge in [-0.25, -0.2) is 0 Å². The third-order valence-corrected chi connectivity index (χ3v) is 5.17. The maximum Gasteiger partial charge on any atom is 0.249 e. The molecule has 1 aliphatic heterocycles. The van der Waals surface area contributed by atoms with Crippen LogP contribution in [0, 0.1) is 0 Å². The molecular weight excluding hydrogens is 342 g/mol. The van der Waals surface area contributed by atoms with Crippen molar-refractivity contribution in [3.63, 3.8) is 0 Å². The molecule has 7 nitrogen and oxygen atoms in total. The van der Waals surface area contributed by atoms with E-state index < -0.39 is 0 Å². The quantitative estimate of drug-likeness (QED) is 0.226. The van der Waals surface area contributed by atoms with Crippen LogP contribution >= 0.6 is 0 Å². The van der Waals surface area contributed by atoms with Crippen LogP contribution in [0.3, 0.4) is 0 Å². The van der Waals surface area contributed by atoms with E-state index in [1.165, 1.54) is 44.1 Å². The van der Waals surface area contributed by atoms with E-state index in [1.54, 1.807) is 4.90 Å². The zero-order valence-corrected chi connectivity index (χ0v) is 16.0. The number of rotatable bonds is 9. The molecule has 1 aliphatic rings. The van der Waals surface area contributed by atoms with Gasteiger partial charge >= 0.3 is 0 Å². The smallest absolute Gasteiger partial charge is 0.249 e. The van der Waals surface area contributed by atoms with Gasteiger partial charge in [-0.1, -0.05) is 73.6 Å². The van der Waals surface area contributed by atoms with E-state index >= 15 is 0 Å². The Labute approximate surface area is 160 Å². The van der Waals surface area contributed by atoms with Crippen molar-refractivity contribution in [3.05, 3.63) is 35.7 Å². The average Bonchev–Trinajstić information content (AvgIpc) is 3.13. The third-order valence-electron chi connectivity index (χ3n) is 5.17. The van der Waals surface area contributed by atoms with Gasteiger partial charge in [-0.2, -0.15) is 4.98 Å². The zero-order chi connectivity index (χ0) is 19.1.